The molecule has 2 aliphatic carbocycles. The van der Waals surface area contributed by atoms with Gasteiger partial charge in [0.25, 0.3) is 5.91 Å². The van der Waals surface area contributed by atoms with Crippen molar-refractivity contribution in [1.29, 1.82) is 0 Å². The quantitative estimate of drug-likeness (QED) is 0.304. The lowest BCUT2D eigenvalue weighted by atomic mass is 9.76. The number of fused-ring (bicyclic) bond motifs is 1. The van der Waals surface area contributed by atoms with Crippen molar-refractivity contribution in [3.05, 3.63) is 77.1 Å². The highest BCUT2D eigenvalue weighted by molar-refractivity contribution is 5.98. The average molecular weight is 547 g/mol. The average Bonchev–Trinajstić information content (AvgIpc) is 3.57. The van der Waals surface area contributed by atoms with Crippen LogP contribution >= 0.6 is 0 Å². The van der Waals surface area contributed by atoms with Crippen molar-refractivity contribution in [2.24, 2.45) is 5.92 Å². The second-order valence-electron chi connectivity index (χ2n) is 12.8. The van der Waals surface area contributed by atoms with Crippen LogP contribution in [0, 0.1) is 5.92 Å². The maximum atomic E-state index is 13.0. The number of carbonyl (C=O) groups is 1. The largest absolute Gasteiger partial charge is 0.381 e. The first kappa shape index (κ1) is 25.2. The minimum absolute atomic E-state index is 0.0604. The van der Waals surface area contributed by atoms with Gasteiger partial charge >= 0.3 is 0 Å². The van der Waals surface area contributed by atoms with E-state index in [4.69, 9.17) is 9.72 Å². The molecule has 2 fully saturated rings. The van der Waals surface area contributed by atoms with Crippen molar-refractivity contribution < 1.29 is 9.53 Å². The van der Waals surface area contributed by atoms with Gasteiger partial charge in [0.1, 0.15) is 5.65 Å². The number of nitrogens with one attached hydrogen (secondary N) is 1. The smallest absolute Gasteiger partial charge is 0.253 e. The third-order valence-corrected chi connectivity index (χ3v) is 9.86. The highest BCUT2D eigenvalue weighted by atomic mass is 16.5. The van der Waals surface area contributed by atoms with Crippen LogP contribution in [-0.2, 0) is 17.7 Å². The number of benzene rings is 2. The molecule has 6 heteroatoms. The molecular weight excluding hydrogens is 508 g/mol. The number of hydrogen-bond acceptors (Lipinski definition) is 4. The van der Waals surface area contributed by atoms with E-state index in [0.29, 0.717) is 11.8 Å². The zero-order valence-electron chi connectivity index (χ0n) is 23.9. The molecule has 2 atom stereocenters. The zero-order chi connectivity index (χ0) is 27.5. The molecule has 1 saturated heterocycles. The van der Waals surface area contributed by atoms with E-state index in [1.165, 1.54) is 49.8 Å². The van der Waals surface area contributed by atoms with Crippen molar-refractivity contribution in [3.8, 4) is 22.3 Å². The van der Waals surface area contributed by atoms with E-state index in [1.54, 1.807) is 16.7 Å². The van der Waals surface area contributed by atoms with Crippen molar-refractivity contribution >= 4 is 16.9 Å². The van der Waals surface area contributed by atoms with Crippen molar-refractivity contribution in [1.82, 2.24) is 19.8 Å². The fourth-order valence-electron chi connectivity index (χ4n) is 7.57. The maximum Gasteiger partial charge on any atom is 0.253 e. The van der Waals surface area contributed by atoms with Gasteiger partial charge in [-0.05, 0) is 96.5 Å². The van der Waals surface area contributed by atoms with Crippen molar-refractivity contribution in [2.75, 3.05) is 33.4 Å². The van der Waals surface area contributed by atoms with Crippen LogP contribution in [0.5, 0.6) is 0 Å². The number of aromatic amines is 1. The first-order valence-electron chi connectivity index (χ1n) is 15.4. The molecule has 2 aromatic carbocycles. The van der Waals surface area contributed by atoms with Crippen LogP contribution in [0.25, 0.3) is 33.3 Å². The molecule has 1 amide bonds. The topological polar surface area (TPSA) is 61.5 Å². The van der Waals surface area contributed by atoms with Gasteiger partial charge in [0.2, 0.25) is 0 Å². The summed E-state index contributed by atoms with van der Waals surface area (Å²) in [5, 5.41) is 1.11. The van der Waals surface area contributed by atoms with E-state index in [0.717, 1.165) is 66.5 Å². The summed E-state index contributed by atoms with van der Waals surface area (Å²) in [5.41, 5.74) is 11.0. The Balaban J connectivity index is 1.08. The molecule has 6 nitrogen and oxygen atoms in total. The number of aryl methyl sites for hydroxylation is 1. The Labute approximate surface area is 241 Å². The molecule has 2 aromatic heterocycles. The second kappa shape index (κ2) is 10.1. The molecule has 2 aliphatic heterocycles. The van der Waals surface area contributed by atoms with Crippen LogP contribution < -0.4 is 0 Å². The van der Waals surface area contributed by atoms with E-state index >= 15 is 0 Å². The lowest BCUT2D eigenvalue weighted by Crippen LogP contribution is -2.37. The van der Waals surface area contributed by atoms with Crippen LogP contribution in [0.4, 0.5) is 0 Å². The molecular formula is C35H38N4O2. The zero-order valence-corrected chi connectivity index (χ0v) is 23.9. The summed E-state index contributed by atoms with van der Waals surface area (Å²) in [7, 11) is 1.89. The summed E-state index contributed by atoms with van der Waals surface area (Å²) in [4.78, 5) is 25.8. The van der Waals surface area contributed by atoms with Crippen LogP contribution in [0.1, 0.15) is 65.1 Å². The van der Waals surface area contributed by atoms with Gasteiger partial charge in [0, 0.05) is 79.7 Å². The fourth-order valence-corrected chi connectivity index (χ4v) is 7.57. The minimum Gasteiger partial charge on any atom is -0.381 e. The van der Waals surface area contributed by atoms with Gasteiger partial charge in [-0.25, -0.2) is 4.98 Å². The SMILES string of the molecule is CN(CC1CCOC1)C(=O)c1ccc(-c2c[nH]c3ncc(-c4cc5c6c(c4)CN(C4CC4)CC6CCC5)cc23)cc1. The maximum absolute atomic E-state index is 13.0. The molecule has 8 rings (SSSR count). The first-order valence-corrected chi connectivity index (χ1v) is 15.4. The molecule has 4 aromatic rings. The molecule has 0 spiro atoms. The molecule has 0 bridgehead atoms. The lowest BCUT2D eigenvalue weighted by Gasteiger charge is -2.39. The first-order chi connectivity index (χ1) is 20.1. The van der Waals surface area contributed by atoms with Gasteiger partial charge in [0.15, 0.2) is 0 Å². The number of carbonyl (C=O) groups excluding carboxylic acids is 1. The minimum atomic E-state index is 0.0604. The molecule has 1 saturated carbocycles. The van der Waals surface area contributed by atoms with Gasteiger partial charge in [-0.15, -0.1) is 0 Å². The predicted molar refractivity (Wildman–Crippen MR) is 162 cm³/mol. The summed E-state index contributed by atoms with van der Waals surface area (Å²) < 4.78 is 5.48. The van der Waals surface area contributed by atoms with Gasteiger partial charge in [-0.1, -0.05) is 18.2 Å². The number of H-pyrrole nitrogens is 1. The Bertz CT molecular complexity index is 1610. The van der Waals surface area contributed by atoms with Crippen LogP contribution in [-0.4, -0.2) is 65.1 Å². The highest BCUT2D eigenvalue weighted by Crippen LogP contribution is 2.44. The molecule has 0 radical (unpaired) electrons. The molecule has 2 unspecified atom stereocenters. The summed E-state index contributed by atoms with van der Waals surface area (Å²) in [6.45, 7) is 4.63. The van der Waals surface area contributed by atoms with Crippen molar-refractivity contribution in [3.63, 3.8) is 0 Å². The Morgan fingerprint density at radius 3 is 2.71 bits per heavy atom. The third-order valence-electron chi connectivity index (χ3n) is 9.86. The van der Waals surface area contributed by atoms with E-state index in [9.17, 15) is 4.79 Å². The number of ether oxygens (including phenoxy) is 1. The van der Waals surface area contributed by atoms with Crippen LogP contribution in [0.15, 0.2) is 54.9 Å². The highest BCUT2D eigenvalue weighted by Gasteiger charge is 2.37. The number of hydrogen-bond donors (Lipinski definition) is 1. The lowest BCUT2D eigenvalue weighted by molar-refractivity contribution is 0.0766. The molecule has 210 valence electrons. The van der Waals surface area contributed by atoms with Crippen LogP contribution in [0.2, 0.25) is 0 Å². The van der Waals surface area contributed by atoms with E-state index in [1.807, 2.05) is 36.5 Å². The number of amides is 1. The second-order valence-corrected chi connectivity index (χ2v) is 12.8. The Kier molecular flexibility index (Phi) is 6.22. The van der Waals surface area contributed by atoms with Gasteiger partial charge in [0.05, 0.1) is 6.61 Å². The van der Waals surface area contributed by atoms with E-state index in [2.05, 4.69) is 40.2 Å². The third kappa shape index (κ3) is 4.67. The van der Waals surface area contributed by atoms with Crippen LogP contribution in [0.3, 0.4) is 0 Å². The molecule has 1 N–H and O–H groups in total. The van der Waals surface area contributed by atoms with E-state index in [-0.39, 0.29) is 5.91 Å². The number of aromatic nitrogens is 2. The number of nitrogens with zero attached hydrogens (tertiary/aromatic N) is 3. The number of rotatable bonds is 6. The fraction of sp³-hybridized carbons (Fsp3) is 0.429. The van der Waals surface area contributed by atoms with Gasteiger partial charge in [-0.3, -0.25) is 9.69 Å². The molecule has 41 heavy (non-hydrogen) atoms. The summed E-state index contributed by atoms with van der Waals surface area (Å²) >= 11 is 0. The molecule has 4 aliphatic rings. The van der Waals surface area contributed by atoms with E-state index < -0.39 is 0 Å². The van der Waals surface area contributed by atoms with Gasteiger partial charge in [-0.2, -0.15) is 0 Å². The Hall–Kier alpha value is -3.48. The standard InChI is InChI=1S/C35H38N4O2/c1-38(18-22-11-12-41-21-22)35(40)24-7-5-23(6-8-24)32-17-37-34-31(32)15-28(16-36-34)27-13-25-3-2-4-26-19-39(30-9-10-30)20-29(14-27)33(25)26/h5-8,13-17,22,26,30H,2-4,9-12,18-21H2,1H3,(H,36,37). The summed E-state index contributed by atoms with van der Waals surface area (Å²) in [5.74, 6) is 1.20. The predicted octanol–water partition coefficient (Wildman–Crippen LogP) is 6.40. The molecule has 4 heterocycles. The summed E-state index contributed by atoms with van der Waals surface area (Å²) in [6.07, 6.45) is 11.6. The Morgan fingerprint density at radius 2 is 1.90 bits per heavy atom. The monoisotopic (exact) mass is 546 g/mol. The van der Waals surface area contributed by atoms with Crippen molar-refractivity contribution in [2.45, 2.75) is 57.0 Å². The Morgan fingerprint density at radius 1 is 1.05 bits per heavy atom. The number of pyridine rings is 1. The summed E-state index contributed by atoms with van der Waals surface area (Å²) in [6, 6.07) is 16.0. The van der Waals surface area contributed by atoms with Gasteiger partial charge < -0.3 is 14.6 Å². The normalized spacial score (nSPS) is 22.2.